The highest BCUT2D eigenvalue weighted by molar-refractivity contribution is 5.90. The maximum atomic E-state index is 12.1. The smallest absolute Gasteiger partial charge is 0.260 e. The molecule has 0 unspecified atom stereocenters. The summed E-state index contributed by atoms with van der Waals surface area (Å²) in [4.78, 5) is 25.0. The van der Waals surface area contributed by atoms with Crippen molar-refractivity contribution in [1.29, 1.82) is 0 Å². The van der Waals surface area contributed by atoms with Crippen LogP contribution >= 0.6 is 0 Å². The Kier molecular flexibility index (Phi) is 6.33. The molecule has 2 aromatic rings. The van der Waals surface area contributed by atoms with Crippen molar-refractivity contribution in [2.75, 3.05) is 44.6 Å². The van der Waals surface area contributed by atoms with Crippen molar-refractivity contribution in [3.8, 4) is 0 Å². The summed E-state index contributed by atoms with van der Waals surface area (Å²) in [6, 6.07) is 15.5. The molecule has 1 aliphatic rings. The van der Waals surface area contributed by atoms with Crippen LogP contribution in [0.4, 0.5) is 11.5 Å². The fourth-order valence-corrected chi connectivity index (χ4v) is 3.32. The molecule has 1 saturated heterocycles. The van der Waals surface area contributed by atoms with Gasteiger partial charge in [-0.15, -0.1) is 4.65 Å². The van der Waals surface area contributed by atoms with Gasteiger partial charge in [-0.1, -0.05) is 24.3 Å². The molecule has 0 bridgehead atoms. The number of anilines is 1. The number of para-hydroxylation sites is 1. The molecule has 0 atom stereocenters. The van der Waals surface area contributed by atoms with Gasteiger partial charge in [0.15, 0.2) is 0 Å². The number of pyridine rings is 1. The predicted octanol–water partition coefficient (Wildman–Crippen LogP) is 2.68. The number of nitrogens with one attached hydrogen (secondary N) is 1. The highest BCUT2D eigenvalue weighted by Crippen LogP contribution is 2.23. The van der Waals surface area contributed by atoms with Gasteiger partial charge in [0, 0.05) is 30.9 Å². The van der Waals surface area contributed by atoms with E-state index in [1.165, 1.54) is 0 Å². The number of benzene rings is 1. The minimum Gasteiger partial charge on any atom is -0.326 e. The van der Waals surface area contributed by atoms with E-state index in [1.54, 1.807) is 0 Å². The number of quaternary nitrogens is 1. The van der Waals surface area contributed by atoms with E-state index in [9.17, 15) is 4.79 Å². The summed E-state index contributed by atoms with van der Waals surface area (Å²) in [5.41, 5.74) is 0.846. The third-order valence-corrected chi connectivity index (χ3v) is 4.71. The number of amides is 1. The van der Waals surface area contributed by atoms with Crippen LogP contribution in [0.25, 0.3) is 0 Å². The second kappa shape index (κ2) is 8.89. The van der Waals surface area contributed by atoms with E-state index < -0.39 is 0 Å². The van der Waals surface area contributed by atoms with E-state index >= 15 is 0 Å². The lowest BCUT2D eigenvalue weighted by molar-refractivity contribution is -0.164. The number of hydroxylamine groups is 2. The van der Waals surface area contributed by atoms with Gasteiger partial charge >= 0.3 is 0 Å². The lowest BCUT2D eigenvalue weighted by Gasteiger charge is -2.40. The normalized spacial score (nSPS) is 17.0. The molecule has 6 heteroatoms. The van der Waals surface area contributed by atoms with Gasteiger partial charge in [0.05, 0.1) is 13.1 Å². The molecule has 0 radical (unpaired) electrons. The molecule has 0 saturated carbocycles. The molecule has 0 aliphatic carbocycles. The predicted molar refractivity (Wildman–Crippen MR) is 104 cm³/mol. The van der Waals surface area contributed by atoms with Crippen molar-refractivity contribution in [1.82, 2.24) is 14.5 Å². The molecule has 0 spiro atoms. The van der Waals surface area contributed by atoms with Crippen molar-refractivity contribution in [3.63, 3.8) is 0 Å². The van der Waals surface area contributed by atoms with Gasteiger partial charge in [0.1, 0.15) is 19.7 Å². The second-order valence-corrected chi connectivity index (χ2v) is 6.45. The minimum atomic E-state index is 0.0528. The van der Waals surface area contributed by atoms with Gasteiger partial charge < -0.3 is 5.32 Å². The van der Waals surface area contributed by atoms with E-state index in [2.05, 4.69) is 15.2 Å². The summed E-state index contributed by atoms with van der Waals surface area (Å²) in [7, 11) is 0. The number of nitrogens with zero attached hydrogens (tertiary/aromatic N) is 3. The van der Waals surface area contributed by atoms with Crippen LogP contribution in [0.1, 0.15) is 13.3 Å². The highest BCUT2D eigenvalue weighted by atomic mass is 16.7. The Morgan fingerprint density at radius 2 is 1.88 bits per heavy atom. The fourth-order valence-electron chi connectivity index (χ4n) is 3.32. The Bertz CT molecular complexity index is 685. The summed E-state index contributed by atoms with van der Waals surface area (Å²) < 4.78 is 0.462. The molecule has 2 heterocycles. The molecule has 1 aromatic heterocycles. The summed E-state index contributed by atoms with van der Waals surface area (Å²) in [5, 5.41) is 2.94. The zero-order valence-electron chi connectivity index (χ0n) is 15.3. The third kappa shape index (κ3) is 4.66. The molecule has 3 rings (SSSR count). The molecule has 1 aromatic carbocycles. The first-order valence-corrected chi connectivity index (χ1v) is 9.22. The molecule has 26 heavy (non-hydrogen) atoms. The van der Waals surface area contributed by atoms with Crippen LogP contribution in [-0.4, -0.2) is 55.1 Å². The van der Waals surface area contributed by atoms with E-state index in [0.29, 0.717) is 17.7 Å². The summed E-state index contributed by atoms with van der Waals surface area (Å²) in [6.45, 7) is 6.87. The Hall–Kier alpha value is -2.28. The number of hydrogen-bond donors (Lipinski definition) is 1. The van der Waals surface area contributed by atoms with Crippen LogP contribution in [0.5, 0.6) is 0 Å². The van der Waals surface area contributed by atoms with Crippen LogP contribution in [0.2, 0.25) is 0 Å². The number of hydrogen-bond acceptors (Lipinski definition) is 4. The Morgan fingerprint density at radius 1 is 1.15 bits per heavy atom. The number of carbonyl (C=O) groups excluding carboxylic acids is 1. The Morgan fingerprint density at radius 3 is 2.54 bits per heavy atom. The SMILES string of the molecule is CCO[N+]1(c2ccccn2)CCN(CCC(=O)Nc2ccccc2)CC1. The Balaban J connectivity index is 1.50. The molecule has 1 N–H and O–H groups in total. The number of rotatable bonds is 7. The number of piperazine rings is 1. The van der Waals surface area contributed by atoms with Crippen molar-refractivity contribution in [2.24, 2.45) is 0 Å². The topological polar surface area (TPSA) is 54.5 Å². The average molecular weight is 355 g/mol. The van der Waals surface area contributed by atoms with Crippen molar-refractivity contribution in [2.45, 2.75) is 13.3 Å². The average Bonchev–Trinajstić information content (AvgIpc) is 2.69. The van der Waals surface area contributed by atoms with Gasteiger partial charge in [0.25, 0.3) is 5.82 Å². The van der Waals surface area contributed by atoms with Crippen LogP contribution in [-0.2, 0) is 9.63 Å². The lowest BCUT2D eigenvalue weighted by Crippen LogP contribution is -2.61. The fraction of sp³-hybridized carbons (Fsp3) is 0.400. The molecule has 6 nitrogen and oxygen atoms in total. The zero-order chi connectivity index (χ0) is 18.2. The summed E-state index contributed by atoms with van der Waals surface area (Å²) >= 11 is 0. The largest absolute Gasteiger partial charge is 0.326 e. The van der Waals surface area contributed by atoms with Crippen LogP contribution in [0, 0.1) is 0 Å². The minimum absolute atomic E-state index is 0.0528. The number of carbonyl (C=O) groups is 1. The molecule has 1 aliphatic heterocycles. The standard InChI is InChI=1S/C20H26N4O2/c1-2-26-24(19-10-6-7-12-21-19)16-14-23(15-17-24)13-11-20(25)22-18-8-4-3-5-9-18/h3-10,12H,2,11,13-17H2,1H3/p+1. The lowest BCUT2D eigenvalue weighted by atomic mass is 10.2. The van der Waals surface area contributed by atoms with Crippen LogP contribution in [0.3, 0.4) is 0 Å². The van der Waals surface area contributed by atoms with Crippen molar-refractivity contribution < 1.29 is 9.63 Å². The van der Waals surface area contributed by atoms with Crippen LogP contribution < -0.4 is 9.96 Å². The first-order valence-electron chi connectivity index (χ1n) is 9.22. The highest BCUT2D eigenvalue weighted by Gasteiger charge is 2.38. The maximum absolute atomic E-state index is 12.1. The van der Waals surface area contributed by atoms with Crippen LogP contribution in [0.15, 0.2) is 54.7 Å². The van der Waals surface area contributed by atoms with Gasteiger partial charge in [-0.2, -0.15) is 4.84 Å². The summed E-state index contributed by atoms with van der Waals surface area (Å²) in [6.07, 6.45) is 2.31. The molecule has 1 fully saturated rings. The molecule has 138 valence electrons. The van der Waals surface area contributed by atoms with E-state index in [1.807, 2.05) is 61.7 Å². The first-order chi connectivity index (χ1) is 12.7. The Labute approximate surface area is 154 Å². The number of aromatic nitrogens is 1. The summed E-state index contributed by atoms with van der Waals surface area (Å²) in [5.74, 6) is 1.01. The molecular weight excluding hydrogens is 328 g/mol. The molecule has 1 amide bonds. The maximum Gasteiger partial charge on any atom is 0.260 e. The van der Waals surface area contributed by atoms with E-state index in [-0.39, 0.29) is 5.91 Å². The molecular formula is C20H27N4O2+. The zero-order valence-corrected chi connectivity index (χ0v) is 15.3. The quantitative estimate of drug-likeness (QED) is 0.776. The van der Waals surface area contributed by atoms with Gasteiger partial charge in [-0.3, -0.25) is 9.69 Å². The monoisotopic (exact) mass is 355 g/mol. The van der Waals surface area contributed by atoms with Crippen molar-refractivity contribution >= 4 is 17.4 Å². The first kappa shape index (κ1) is 18.5. The van der Waals surface area contributed by atoms with Crippen molar-refractivity contribution in [3.05, 3.63) is 54.7 Å². The van der Waals surface area contributed by atoms with Gasteiger partial charge in [-0.05, 0) is 25.1 Å². The third-order valence-electron chi connectivity index (χ3n) is 4.71. The van der Waals surface area contributed by atoms with E-state index in [0.717, 1.165) is 44.2 Å². The van der Waals surface area contributed by atoms with Gasteiger partial charge in [-0.25, -0.2) is 4.98 Å². The van der Waals surface area contributed by atoms with Gasteiger partial charge in [0.2, 0.25) is 5.91 Å². The van der Waals surface area contributed by atoms with E-state index in [4.69, 9.17) is 4.84 Å². The second-order valence-electron chi connectivity index (χ2n) is 6.45.